The molecule has 0 aromatic heterocycles. The molecule has 46 heavy (non-hydrogen) atoms. The van der Waals surface area contributed by atoms with Crippen molar-refractivity contribution in [2.45, 2.75) is 74.7 Å². The molecule has 0 aliphatic carbocycles. The van der Waals surface area contributed by atoms with E-state index in [4.69, 9.17) is 4.74 Å². The van der Waals surface area contributed by atoms with Crippen molar-refractivity contribution in [1.82, 2.24) is 0 Å². The quantitative estimate of drug-likeness (QED) is 0.130. The number of hydrogen-bond acceptors (Lipinski definition) is 7. The molecule has 3 N–H and O–H groups in total. The molecule has 0 radical (unpaired) electrons. The van der Waals surface area contributed by atoms with Crippen molar-refractivity contribution in [3.8, 4) is 42.4 Å². The van der Waals surface area contributed by atoms with Gasteiger partial charge in [0.05, 0.1) is 23.5 Å². The number of nitrogens with zero attached hydrogens (tertiary/aromatic N) is 2. The third-order valence-corrected chi connectivity index (χ3v) is 6.71. The number of fused-ring (bicyclic) bond motifs is 2. The third kappa shape index (κ3) is 11.8. The maximum Gasteiger partial charge on any atom is 0.325 e. The summed E-state index contributed by atoms with van der Waals surface area (Å²) in [4.78, 5) is 29.2. The number of carbonyl (C=O) groups is 2. The second-order valence-electron chi connectivity index (χ2n) is 10.6. The standard InChI is InChI=1S/C32H40N2O6.C3H4.C2H2.CH4/c1-6-40-29(38)20-34-30-25(14-9-15-27(30)36)32(39)33(26-18-24(35)19-28(37)31(26)34)17-16-23(5)13-8-12-22(4)11-7-10-21(2)3;1-3-2;1-2;/h9-10,12,14-16,18-19,35-37H,6-8,11,13,17,20H2,1-5H3;1H,2H3;1-2H;1H4/b22-12+,23-16+;;;. The smallest absolute Gasteiger partial charge is 0.325 e. The Bertz CT molecular complexity index is 1470. The minimum atomic E-state index is -0.601. The fourth-order valence-electron chi connectivity index (χ4n) is 4.69. The highest BCUT2D eigenvalue weighted by Gasteiger charge is 2.35. The van der Waals surface area contributed by atoms with Gasteiger partial charge in [-0.3, -0.25) is 9.59 Å². The van der Waals surface area contributed by atoms with Crippen molar-refractivity contribution in [1.29, 1.82) is 0 Å². The van der Waals surface area contributed by atoms with Crippen LogP contribution in [0, 0.1) is 25.2 Å². The number of esters is 1. The van der Waals surface area contributed by atoms with E-state index in [0.717, 1.165) is 37.3 Å². The molecule has 0 spiro atoms. The minimum Gasteiger partial charge on any atom is -0.508 e. The number of rotatable bonds is 11. The van der Waals surface area contributed by atoms with Gasteiger partial charge in [0.1, 0.15) is 29.5 Å². The van der Waals surface area contributed by atoms with Gasteiger partial charge in [0.25, 0.3) is 5.91 Å². The summed E-state index contributed by atoms with van der Waals surface area (Å²) in [5, 5.41) is 32.1. The Kier molecular flexibility index (Phi) is 18.5. The lowest BCUT2D eigenvalue weighted by Crippen LogP contribution is -2.30. The van der Waals surface area contributed by atoms with Crippen molar-refractivity contribution >= 4 is 28.9 Å². The van der Waals surface area contributed by atoms with E-state index in [9.17, 15) is 24.9 Å². The number of aromatic hydroxyl groups is 3. The molecule has 8 heteroatoms. The lowest BCUT2D eigenvalue weighted by atomic mass is 10.1. The van der Waals surface area contributed by atoms with E-state index in [2.05, 4.69) is 58.1 Å². The second-order valence-corrected chi connectivity index (χ2v) is 10.6. The third-order valence-electron chi connectivity index (χ3n) is 6.71. The molecule has 0 atom stereocenters. The summed E-state index contributed by atoms with van der Waals surface area (Å²) in [7, 11) is 0. The van der Waals surface area contributed by atoms with Crippen molar-refractivity contribution < 1.29 is 29.6 Å². The predicted octanol–water partition coefficient (Wildman–Crippen LogP) is 8.41. The lowest BCUT2D eigenvalue weighted by molar-refractivity contribution is -0.141. The van der Waals surface area contributed by atoms with Gasteiger partial charge in [-0.15, -0.1) is 25.2 Å². The maximum atomic E-state index is 13.9. The number of anilines is 3. The van der Waals surface area contributed by atoms with Crippen LogP contribution in [0.3, 0.4) is 0 Å². The highest BCUT2D eigenvalue weighted by Crippen LogP contribution is 2.50. The molecule has 3 rings (SSSR count). The number of carbonyl (C=O) groups excluding carboxylic acids is 2. The molecule has 1 aliphatic heterocycles. The number of ether oxygens (including phenoxy) is 1. The van der Waals surface area contributed by atoms with E-state index in [1.54, 1.807) is 26.0 Å². The molecule has 0 unspecified atom stereocenters. The van der Waals surface area contributed by atoms with Crippen LogP contribution < -0.4 is 9.80 Å². The largest absolute Gasteiger partial charge is 0.508 e. The second kappa shape index (κ2) is 20.8. The Hall–Kier alpha value is -5.08. The molecular weight excluding hydrogens is 580 g/mol. The van der Waals surface area contributed by atoms with Gasteiger partial charge in [-0.2, -0.15) is 0 Å². The fraction of sp³-hybridized carbons (Fsp3) is 0.368. The molecule has 1 amide bonds. The number of amides is 1. The van der Waals surface area contributed by atoms with Gasteiger partial charge in [-0.05, 0) is 79.4 Å². The number of allylic oxidation sites excluding steroid dienone is 5. The number of phenols is 3. The molecule has 8 nitrogen and oxygen atoms in total. The van der Waals surface area contributed by atoms with E-state index in [0.29, 0.717) is 0 Å². The lowest BCUT2D eigenvalue weighted by Gasteiger charge is -2.27. The summed E-state index contributed by atoms with van der Waals surface area (Å²) in [6.07, 6.45) is 22.8. The average molecular weight is 631 g/mol. The first kappa shape index (κ1) is 40.9. The molecule has 1 heterocycles. The molecule has 0 fully saturated rings. The molecule has 0 saturated carbocycles. The van der Waals surface area contributed by atoms with Crippen LogP contribution in [-0.2, 0) is 9.53 Å². The number of terminal acetylenes is 2. The Morgan fingerprint density at radius 2 is 1.50 bits per heavy atom. The molecule has 2 aromatic carbocycles. The number of benzene rings is 2. The summed E-state index contributed by atoms with van der Waals surface area (Å²) in [6, 6.07) is 7.03. The Labute approximate surface area is 275 Å². The van der Waals surface area contributed by atoms with Crippen molar-refractivity contribution in [3.05, 3.63) is 70.8 Å². The Morgan fingerprint density at radius 1 is 0.913 bits per heavy atom. The SMILES string of the molecule is C.C#C.C#CC.CCOC(=O)CN1c2c(O)cccc2C(=O)N(C/C=C(\C)CC/C=C(\C)CCC=C(C)C)c2cc(O)cc(O)c21. The van der Waals surface area contributed by atoms with Gasteiger partial charge in [-0.1, -0.05) is 48.4 Å². The van der Waals surface area contributed by atoms with E-state index in [1.807, 2.05) is 13.0 Å². The fourth-order valence-corrected chi connectivity index (χ4v) is 4.69. The van der Waals surface area contributed by atoms with E-state index < -0.39 is 11.9 Å². The van der Waals surface area contributed by atoms with Gasteiger partial charge in [0.2, 0.25) is 0 Å². The summed E-state index contributed by atoms with van der Waals surface area (Å²) >= 11 is 0. The predicted molar refractivity (Wildman–Crippen MR) is 190 cm³/mol. The van der Waals surface area contributed by atoms with Crippen molar-refractivity contribution in [2.24, 2.45) is 0 Å². The molecule has 2 aromatic rings. The number of phenolic OH excluding ortho intramolecular Hbond substituents is 3. The van der Waals surface area contributed by atoms with E-state index in [-0.39, 0.29) is 67.0 Å². The zero-order chi connectivity index (χ0) is 34.1. The Balaban J connectivity index is 0.00000318. The van der Waals surface area contributed by atoms with Gasteiger partial charge in [-0.25, -0.2) is 0 Å². The van der Waals surface area contributed by atoms with Crippen LogP contribution >= 0.6 is 0 Å². The monoisotopic (exact) mass is 630 g/mol. The van der Waals surface area contributed by atoms with Gasteiger partial charge in [0, 0.05) is 18.7 Å². The summed E-state index contributed by atoms with van der Waals surface area (Å²) in [6.45, 7) is 11.6. The van der Waals surface area contributed by atoms with Crippen LogP contribution in [0.5, 0.6) is 17.2 Å². The number of hydrogen-bond donors (Lipinski definition) is 3. The van der Waals surface area contributed by atoms with E-state index in [1.165, 1.54) is 33.1 Å². The van der Waals surface area contributed by atoms with Crippen LogP contribution in [0.2, 0.25) is 0 Å². The average Bonchev–Trinajstić information content (AvgIpc) is 3.06. The normalized spacial score (nSPS) is 11.9. The molecule has 0 saturated heterocycles. The van der Waals surface area contributed by atoms with Gasteiger partial charge in [0.15, 0.2) is 0 Å². The van der Waals surface area contributed by atoms with Gasteiger partial charge < -0.3 is 29.9 Å². The first-order chi connectivity index (χ1) is 21.4. The van der Waals surface area contributed by atoms with Crippen LogP contribution in [0.4, 0.5) is 17.1 Å². The zero-order valence-corrected chi connectivity index (χ0v) is 27.3. The van der Waals surface area contributed by atoms with Crippen LogP contribution in [0.1, 0.15) is 85.0 Å². The molecule has 0 bridgehead atoms. The highest BCUT2D eigenvalue weighted by molar-refractivity contribution is 6.16. The van der Waals surface area contributed by atoms with Crippen molar-refractivity contribution in [2.75, 3.05) is 29.5 Å². The maximum absolute atomic E-state index is 13.9. The minimum absolute atomic E-state index is 0. The summed E-state index contributed by atoms with van der Waals surface area (Å²) in [5.41, 5.74) is 4.29. The molecule has 1 aliphatic rings. The summed E-state index contributed by atoms with van der Waals surface area (Å²) < 4.78 is 5.13. The van der Waals surface area contributed by atoms with Gasteiger partial charge >= 0.3 is 5.97 Å². The summed E-state index contributed by atoms with van der Waals surface area (Å²) in [5.74, 6) is 0.393. The van der Waals surface area contributed by atoms with Crippen molar-refractivity contribution in [3.63, 3.8) is 0 Å². The molecule has 248 valence electrons. The zero-order valence-electron chi connectivity index (χ0n) is 27.3. The van der Waals surface area contributed by atoms with Crippen LogP contribution in [0.15, 0.2) is 65.3 Å². The molecular formula is C38H50N2O6. The van der Waals surface area contributed by atoms with E-state index >= 15 is 0 Å². The highest BCUT2D eigenvalue weighted by atomic mass is 16.5. The van der Waals surface area contributed by atoms with Crippen LogP contribution in [-0.4, -0.2) is 46.9 Å². The van der Waals surface area contributed by atoms with Crippen LogP contribution in [0.25, 0.3) is 0 Å². The first-order valence-corrected chi connectivity index (χ1v) is 14.7. The topological polar surface area (TPSA) is 111 Å². The first-order valence-electron chi connectivity index (χ1n) is 14.7. The Morgan fingerprint density at radius 3 is 2.09 bits per heavy atom. The number of para-hydroxylation sites is 1.